The maximum absolute atomic E-state index is 10.7. The summed E-state index contributed by atoms with van der Waals surface area (Å²) >= 11 is 0. The third-order valence-corrected chi connectivity index (χ3v) is 3.81. The van der Waals surface area contributed by atoms with Crippen molar-refractivity contribution in [2.24, 2.45) is 11.8 Å². The first kappa shape index (κ1) is 9.97. The van der Waals surface area contributed by atoms with Gasteiger partial charge in [-0.15, -0.1) is 0 Å². The fourth-order valence-electron chi connectivity index (χ4n) is 1.30. The molecule has 0 atom stereocenters. The average molecular weight is 208 g/mol. The number of rotatable bonds is 3. The summed E-state index contributed by atoms with van der Waals surface area (Å²) in [7, 11) is -3.17. The van der Waals surface area contributed by atoms with Gasteiger partial charge in [0.1, 0.15) is 0 Å². The van der Waals surface area contributed by atoms with E-state index in [4.69, 9.17) is 10.2 Å². The van der Waals surface area contributed by atoms with Gasteiger partial charge in [0.15, 0.2) is 15.8 Å². The molecule has 7 heteroatoms. The molecule has 13 heavy (non-hydrogen) atoms. The zero-order valence-corrected chi connectivity index (χ0v) is 7.32. The van der Waals surface area contributed by atoms with Gasteiger partial charge in [-0.1, -0.05) is 0 Å². The summed E-state index contributed by atoms with van der Waals surface area (Å²) in [5.41, 5.74) is 0. The Bertz CT molecular complexity index is 316. The molecule has 1 heterocycles. The molecule has 0 spiro atoms. The van der Waals surface area contributed by atoms with Crippen LogP contribution >= 0.6 is 0 Å². The quantitative estimate of drug-likeness (QED) is 0.565. The summed E-state index contributed by atoms with van der Waals surface area (Å²) < 4.78 is 21.3. The molecule has 1 aliphatic rings. The van der Waals surface area contributed by atoms with Crippen LogP contribution in [0, 0.1) is 11.8 Å². The highest BCUT2D eigenvalue weighted by atomic mass is 32.2. The topological polar surface area (TPSA) is 109 Å². The summed E-state index contributed by atoms with van der Waals surface area (Å²) in [6.07, 6.45) is 0. The number of sulfone groups is 1. The number of carbonyl (C=O) groups is 2. The molecule has 0 amide bonds. The van der Waals surface area contributed by atoms with Crippen molar-refractivity contribution in [1.29, 1.82) is 0 Å². The Morgan fingerprint density at radius 2 is 1.54 bits per heavy atom. The third kappa shape index (κ3) is 1.97. The summed E-state index contributed by atoms with van der Waals surface area (Å²) in [6, 6.07) is 0. The molecule has 1 saturated heterocycles. The second-order valence-electron chi connectivity index (χ2n) is 2.99. The van der Waals surface area contributed by atoms with Crippen molar-refractivity contribution in [3.63, 3.8) is 0 Å². The van der Waals surface area contributed by atoms with Gasteiger partial charge in [-0.05, 0) is 0 Å². The SMILES string of the molecule is O=C(O)C(C(=O)O)C1CS(=O)(=O)C1. The number of carboxylic acid groups (broad SMARTS) is 2. The molecule has 74 valence electrons. The Balaban J connectivity index is 2.71. The van der Waals surface area contributed by atoms with Crippen LogP contribution in [0.5, 0.6) is 0 Å². The lowest BCUT2D eigenvalue weighted by molar-refractivity contribution is -0.156. The lowest BCUT2D eigenvalue weighted by Gasteiger charge is -2.28. The van der Waals surface area contributed by atoms with Crippen molar-refractivity contribution in [3.8, 4) is 0 Å². The van der Waals surface area contributed by atoms with Crippen LogP contribution < -0.4 is 0 Å². The summed E-state index contributed by atoms with van der Waals surface area (Å²) in [4.78, 5) is 20.8. The highest BCUT2D eigenvalue weighted by Crippen LogP contribution is 2.26. The van der Waals surface area contributed by atoms with Gasteiger partial charge in [0, 0.05) is 5.92 Å². The van der Waals surface area contributed by atoms with Crippen LogP contribution in [-0.4, -0.2) is 42.1 Å². The van der Waals surface area contributed by atoms with Crippen molar-refractivity contribution in [2.45, 2.75) is 0 Å². The molecule has 0 aliphatic carbocycles. The molecule has 0 bridgehead atoms. The van der Waals surface area contributed by atoms with Crippen molar-refractivity contribution in [3.05, 3.63) is 0 Å². The summed E-state index contributed by atoms with van der Waals surface area (Å²) in [5, 5.41) is 16.9. The first-order chi connectivity index (χ1) is 5.83. The average Bonchev–Trinajstić information content (AvgIpc) is 1.80. The Morgan fingerprint density at radius 3 is 1.77 bits per heavy atom. The zero-order chi connectivity index (χ0) is 10.2. The minimum Gasteiger partial charge on any atom is -0.481 e. The van der Waals surface area contributed by atoms with Gasteiger partial charge in [0.25, 0.3) is 0 Å². The second kappa shape index (κ2) is 2.99. The number of hydrogen-bond donors (Lipinski definition) is 2. The minimum atomic E-state index is -3.17. The van der Waals surface area contributed by atoms with E-state index in [1.54, 1.807) is 0 Å². The first-order valence-corrected chi connectivity index (χ1v) is 5.31. The highest BCUT2D eigenvalue weighted by molar-refractivity contribution is 7.92. The van der Waals surface area contributed by atoms with E-state index in [0.717, 1.165) is 0 Å². The van der Waals surface area contributed by atoms with Crippen molar-refractivity contribution in [2.75, 3.05) is 11.5 Å². The molecule has 0 radical (unpaired) electrons. The van der Waals surface area contributed by atoms with Crippen LogP contribution in [0.15, 0.2) is 0 Å². The Hall–Kier alpha value is -1.11. The molecule has 1 rings (SSSR count). The molecule has 6 nitrogen and oxygen atoms in total. The Labute approximate surface area is 74.1 Å². The van der Waals surface area contributed by atoms with Gasteiger partial charge in [-0.3, -0.25) is 9.59 Å². The molecule has 0 aromatic heterocycles. The van der Waals surface area contributed by atoms with E-state index in [9.17, 15) is 18.0 Å². The molecule has 2 N–H and O–H groups in total. The fourth-order valence-corrected chi connectivity index (χ4v) is 2.90. The fraction of sp³-hybridized carbons (Fsp3) is 0.667. The smallest absolute Gasteiger partial charge is 0.318 e. The van der Waals surface area contributed by atoms with Crippen LogP contribution in [0.25, 0.3) is 0 Å². The summed E-state index contributed by atoms with van der Waals surface area (Å²) in [5.74, 6) is -6.00. The van der Waals surface area contributed by atoms with Crippen LogP contribution in [0.1, 0.15) is 0 Å². The second-order valence-corrected chi connectivity index (χ2v) is 5.14. The van der Waals surface area contributed by atoms with Gasteiger partial charge in [0.05, 0.1) is 11.5 Å². The Morgan fingerprint density at radius 1 is 1.15 bits per heavy atom. The van der Waals surface area contributed by atoms with E-state index >= 15 is 0 Å². The van der Waals surface area contributed by atoms with Gasteiger partial charge in [0.2, 0.25) is 0 Å². The maximum atomic E-state index is 10.7. The van der Waals surface area contributed by atoms with E-state index in [2.05, 4.69) is 0 Å². The summed E-state index contributed by atoms with van der Waals surface area (Å²) in [6.45, 7) is 0. The highest BCUT2D eigenvalue weighted by Gasteiger charge is 2.45. The molecule has 1 aliphatic heterocycles. The standard InChI is InChI=1S/C6H8O6S/c7-5(8)4(6(9)10)3-1-13(11,12)2-3/h3-4H,1-2H2,(H,7,8)(H,9,10). The predicted molar refractivity (Wildman–Crippen MR) is 40.9 cm³/mol. The van der Waals surface area contributed by atoms with E-state index < -0.39 is 33.6 Å². The molecular weight excluding hydrogens is 200 g/mol. The molecule has 0 aromatic carbocycles. The minimum absolute atomic E-state index is 0.337. The number of aliphatic carboxylic acids is 2. The maximum Gasteiger partial charge on any atom is 0.318 e. The van der Waals surface area contributed by atoms with Gasteiger partial charge >= 0.3 is 11.9 Å². The van der Waals surface area contributed by atoms with E-state index in [-0.39, 0.29) is 11.5 Å². The molecule has 0 saturated carbocycles. The van der Waals surface area contributed by atoms with Crippen LogP contribution in [0.3, 0.4) is 0 Å². The van der Waals surface area contributed by atoms with Crippen LogP contribution in [0.2, 0.25) is 0 Å². The van der Waals surface area contributed by atoms with Crippen LogP contribution in [-0.2, 0) is 19.4 Å². The van der Waals surface area contributed by atoms with Crippen molar-refractivity contribution < 1.29 is 28.2 Å². The number of carboxylic acids is 2. The lowest BCUT2D eigenvalue weighted by atomic mass is 9.95. The van der Waals surface area contributed by atoms with Gasteiger partial charge in [-0.25, -0.2) is 8.42 Å². The predicted octanol–water partition coefficient (Wildman–Crippen LogP) is -1.18. The van der Waals surface area contributed by atoms with Crippen molar-refractivity contribution >= 4 is 21.8 Å². The number of hydrogen-bond acceptors (Lipinski definition) is 4. The lowest BCUT2D eigenvalue weighted by Crippen LogP contribution is -2.46. The molecular formula is C6H8O6S. The first-order valence-electron chi connectivity index (χ1n) is 3.49. The molecule has 0 unspecified atom stereocenters. The third-order valence-electron chi connectivity index (χ3n) is 1.94. The molecule has 0 aromatic rings. The molecule has 1 fully saturated rings. The van der Waals surface area contributed by atoms with Gasteiger partial charge < -0.3 is 10.2 Å². The Kier molecular flexibility index (Phi) is 2.29. The van der Waals surface area contributed by atoms with E-state index in [0.29, 0.717) is 0 Å². The van der Waals surface area contributed by atoms with E-state index in [1.807, 2.05) is 0 Å². The van der Waals surface area contributed by atoms with E-state index in [1.165, 1.54) is 0 Å². The normalized spacial score (nSPS) is 21.0. The van der Waals surface area contributed by atoms with Crippen molar-refractivity contribution in [1.82, 2.24) is 0 Å². The monoisotopic (exact) mass is 208 g/mol. The van der Waals surface area contributed by atoms with Crippen LogP contribution in [0.4, 0.5) is 0 Å². The zero-order valence-electron chi connectivity index (χ0n) is 6.50. The largest absolute Gasteiger partial charge is 0.481 e. The van der Waals surface area contributed by atoms with Gasteiger partial charge in [-0.2, -0.15) is 0 Å².